The molecule has 4 N–H and O–H groups in total. The summed E-state index contributed by atoms with van der Waals surface area (Å²) >= 11 is 0. The maximum absolute atomic E-state index is 13.1. The van der Waals surface area contributed by atoms with E-state index in [1.807, 2.05) is 0 Å². The number of nitrogens with two attached hydrogens (primary N) is 1. The Bertz CT molecular complexity index is 669. The third kappa shape index (κ3) is 2.68. The fourth-order valence-corrected chi connectivity index (χ4v) is 3.03. The van der Waals surface area contributed by atoms with Gasteiger partial charge in [0.05, 0.1) is 0 Å². The highest BCUT2D eigenvalue weighted by atomic mass is 19.1. The fourth-order valence-electron chi connectivity index (χ4n) is 3.03. The number of benzene rings is 1. The minimum Gasteiger partial charge on any atom is -0.368 e. The number of hydrazine groups is 1. The molecule has 1 aromatic carbocycles. The summed E-state index contributed by atoms with van der Waals surface area (Å²) in [5.74, 6) is -1.04. The zero-order valence-electron chi connectivity index (χ0n) is 12.8. The molecule has 0 radical (unpaired) electrons. The Kier molecular flexibility index (Phi) is 3.81. The van der Waals surface area contributed by atoms with Crippen LogP contribution in [0.3, 0.4) is 0 Å². The van der Waals surface area contributed by atoms with Crippen LogP contribution in [0.5, 0.6) is 0 Å². The van der Waals surface area contributed by atoms with Crippen molar-refractivity contribution in [1.82, 2.24) is 15.8 Å². The number of halogens is 1. The first kappa shape index (κ1) is 15.5. The molecule has 2 amide bonds. The van der Waals surface area contributed by atoms with Crippen molar-refractivity contribution in [3.8, 4) is 0 Å². The van der Waals surface area contributed by atoms with E-state index in [9.17, 15) is 14.0 Å². The Labute approximate surface area is 133 Å². The van der Waals surface area contributed by atoms with Gasteiger partial charge >= 0.3 is 0 Å². The number of carbonyl (C=O) groups excluding carboxylic acids is 2. The molecule has 122 valence electrons. The van der Waals surface area contributed by atoms with Crippen LogP contribution in [0.1, 0.15) is 18.4 Å². The lowest BCUT2D eigenvalue weighted by atomic mass is 9.91. The molecule has 0 saturated heterocycles. The summed E-state index contributed by atoms with van der Waals surface area (Å²) in [4.78, 5) is 24.2. The maximum Gasteiger partial charge on any atom is 0.268 e. The standard InChI is InChI=1S/C16H19FN4O2/c1-19-14(22)13-8-16(15(18)23,11-4-5-11)21(20-13)9-10-2-6-12(17)7-3-10/h2-3,6-8,11,20H,4-5,9H2,1H3,(H2,18,23)(H,19,22). The molecular formula is C16H19FN4O2. The van der Waals surface area contributed by atoms with Crippen molar-refractivity contribution < 1.29 is 14.0 Å². The molecule has 1 unspecified atom stereocenters. The molecule has 0 spiro atoms. The number of carbonyl (C=O) groups is 2. The molecule has 3 rings (SSSR count). The summed E-state index contributed by atoms with van der Waals surface area (Å²) in [6, 6.07) is 6.02. The monoisotopic (exact) mass is 318 g/mol. The second kappa shape index (κ2) is 5.66. The maximum atomic E-state index is 13.1. The van der Waals surface area contributed by atoms with Crippen molar-refractivity contribution in [3.63, 3.8) is 0 Å². The van der Waals surface area contributed by atoms with E-state index in [1.165, 1.54) is 19.2 Å². The van der Waals surface area contributed by atoms with Gasteiger partial charge in [-0.3, -0.25) is 9.59 Å². The molecule has 23 heavy (non-hydrogen) atoms. The Balaban J connectivity index is 1.93. The average Bonchev–Trinajstić information content (AvgIpc) is 3.31. The van der Waals surface area contributed by atoms with Crippen molar-refractivity contribution in [2.75, 3.05) is 7.05 Å². The molecule has 1 aromatic rings. The van der Waals surface area contributed by atoms with E-state index in [4.69, 9.17) is 5.73 Å². The lowest BCUT2D eigenvalue weighted by Crippen LogP contribution is -2.58. The molecule has 1 atom stereocenters. The lowest BCUT2D eigenvalue weighted by Gasteiger charge is -2.35. The smallest absolute Gasteiger partial charge is 0.268 e. The topological polar surface area (TPSA) is 87.5 Å². The van der Waals surface area contributed by atoms with Crippen LogP contribution in [0.4, 0.5) is 4.39 Å². The van der Waals surface area contributed by atoms with Crippen LogP contribution in [-0.2, 0) is 16.1 Å². The van der Waals surface area contributed by atoms with Gasteiger partial charge < -0.3 is 16.5 Å². The number of nitrogens with zero attached hydrogens (tertiary/aromatic N) is 1. The quantitative estimate of drug-likeness (QED) is 0.734. The van der Waals surface area contributed by atoms with E-state index in [0.29, 0.717) is 12.2 Å². The van der Waals surface area contributed by atoms with Gasteiger partial charge in [-0.05, 0) is 42.5 Å². The zero-order chi connectivity index (χ0) is 16.6. The van der Waals surface area contributed by atoms with E-state index < -0.39 is 11.4 Å². The first-order valence-corrected chi connectivity index (χ1v) is 7.51. The summed E-state index contributed by atoms with van der Waals surface area (Å²) < 4.78 is 13.1. The van der Waals surface area contributed by atoms with Crippen molar-refractivity contribution in [1.29, 1.82) is 0 Å². The van der Waals surface area contributed by atoms with Gasteiger partial charge in [-0.1, -0.05) is 12.1 Å². The Morgan fingerprint density at radius 1 is 1.39 bits per heavy atom. The fraction of sp³-hybridized carbons (Fsp3) is 0.375. The van der Waals surface area contributed by atoms with Crippen LogP contribution >= 0.6 is 0 Å². The summed E-state index contributed by atoms with van der Waals surface area (Å²) in [6.07, 6.45) is 3.37. The van der Waals surface area contributed by atoms with Crippen LogP contribution in [0.15, 0.2) is 36.0 Å². The molecule has 1 fully saturated rings. The summed E-state index contributed by atoms with van der Waals surface area (Å²) in [5.41, 5.74) is 8.77. The van der Waals surface area contributed by atoms with E-state index in [2.05, 4.69) is 10.7 Å². The number of likely N-dealkylation sites (N-methyl/N-ethyl adjacent to an activating group) is 1. The molecule has 1 saturated carbocycles. The summed E-state index contributed by atoms with van der Waals surface area (Å²) in [6.45, 7) is 0.330. The number of nitrogens with one attached hydrogen (secondary N) is 2. The van der Waals surface area contributed by atoms with Gasteiger partial charge in [-0.25, -0.2) is 4.39 Å². The molecule has 1 heterocycles. The van der Waals surface area contributed by atoms with Gasteiger partial charge in [0, 0.05) is 13.6 Å². The van der Waals surface area contributed by atoms with Crippen molar-refractivity contribution in [2.45, 2.75) is 24.9 Å². The number of hydrogen-bond acceptors (Lipinski definition) is 4. The molecule has 1 aliphatic heterocycles. The largest absolute Gasteiger partial charge is 0.368 e. The highest BCUT2D eigenvalue weighted by Crippen LogP contribution is 2.46. The minimum atomic E-state index is -1.03. The molecule has 6 nitrogen and oxygen atoms in total. The Morgan fingerprint density at radius 3 is 2.57 bits per heavy atom. The summed E-state index contributed by atoms with van der Waals surface area (Å²) in [5, 5.41) is 4.22. The van der Waals surface area contributed by atoms with Gasteiger partial charge in [0.2, 0.25) is 5.91 Å². The number of amides is 2. The first-order valence-electron chi connectivity index (χ1n) is 7.51. The molecule has 7 heteroatoms. The van der Waals surface area contributed by atoms with Gasteiger partial charge in [0.1, 0.15) is 17.1 Å². The number of primary amides is 1. The predicted octanol–water partition coefficient (Wildman–Crippen LogP) is 0.410. The highest BCUT2D eigenvalue weighted by molar-refractivity contribution is 5.97. The van der Waals surface area contributed by atoms with Crippen LogP contribution in [0.25, 0.3) is 0 Å². The number of hydrogen-bond donors (Lipinski definition) is 3. The molecule has 1 aliphatic carbocycles. The third-order valence-corrected chi connectivity index (χ3v) is 4.39. The Morgan fingerprint density at radius 2 is 2.04 bits per heavy atom. The van der Waals surface area contributed by atoms with E-state index >= 15 is 0 Å². The van der Waals surface area contributed by atoms with E-state index in [1.54, 1.807) is 23.2 Å². The third-order valence-electron chi connectivity index (χ3n) is 4.39. The van der Waals surface area contributed by atoms with Crippen molar-refractivity contribution in [2.24, 2.45) is 11.7 Å². The van der Waals surface area contributed by atoms with Crippen LogP contribution < -0.4 is 16.5 Å². The van der Waals surface area contributed by atoms with Crippen molar-refractivity contribution in [3.05, 3.63) is 47.4 Å². The van der Waals surface area contributed by atoms with Crippen LogP contribution in [0, 0.1) is 11.7 Å². The second-order valence-electron chi connectivity index (χ2n) is 5.93. The highest BCUT2D eigenvalue weighted by Gasteiger charge is 2.56. The average molecular weight is 318 g/mol. The van der Waals surface area contributed by atoms with Crippen LogP contribution in [0.2, 0.25) is 0 Å². The molecule has 0 bridgehead atoms. The predicted molar refractivity (Wildman–Crippen MR) is 81.9 cm³/mol. The van der Waals surface area contributed by atoms with Gasteiger partial charge in [-0.2, -0.15) is 5.01 Å². The Hall–Kier alpha value is -2.41. The van der Waals surface area contributed by atoms with Crippen LogP contribution in [-0.4, -0.2) is 29.4 Å². The first-order chi connectivity index (χ1) is 11.0. The van der Waals surface area contributed by atoms with Gasteiger partial charge in [-0.15, -0.1) is 0 Å². The van der Waals surface area contributed by atoms with E-state index in [0.717, 1.165) is 18.4 Å². The number of rotatable bonds is 5. The minimum absolute atomic E-state index is 0.0788. The van der Waals surface area contributed by atoms with Gasteiger partial charge in [0.15, 0.2) is 0 Å². The summed E-state index contributed by atoms with van der Waals surface area (Å²) in [7, 11) is 1.52. The molecule has 0 aromatic heterocycles. The second-order valence-corrected chi connectivity index (χ2v) is 5.93. The zero-order valence-corrected chi connectivity index (χ0v) is 12.8. The SMILES string of the molecule is CNC(=O)C1=CC(C(N)=O)(C2CC2)N(Cc2ccc(F)cc2)N1. The lowest BCUT2D eigenvalue weighted by molar-refractivity contribution is -0.130. The van der Waals surface area contributed by atoms with E-state index in [-0.39, 0.29) is 17.6 Å². The van der Waals surface area contributed by atoms with Crippen molar-refractivity contribution >= 4 is 11.8 Å². The van der Waals surface area contributed by atoms with Gasteiger partial charge in [0.25, 0.3) is 5.91 Å². The molecular weight excluding hydrogens is 299 g/mol. The molecule has 2 aliphatic rings. The normalized spacial score (nSPS) is 24.0.